The van der Waals surface area contributed by atoms with Crippen LogP contribution in [0, 0.1) is 0 Å². The van der Waals surface area contributed by atoms with Crippen LogP contribution in [0.1, 0.15) is 54.4 Å². The zero-order valence-electron chi connectivity index (χ0n) is 9.23. The van der Waals surface area contributed by atoms with Gasteiger partial charge in [0.25, 0.3) is 0 Å². The molecule has 2 nitrogen and oxygen atoms in total. The first-order valence-electron chi connectivity index (χ1n) is 4.73. The van der Waals surface area contributed by atoms with Gasteiger partial charge in [-0.15, -0.1) is 0 Å². The van der Waals surface area contributed by atoms with Gasteiger partial charge in [0.1, 0.15) is 5.60 Å². The highest BCUT2D eigenvalue weighted by Gasteiger charge is 2.18. The predicted octanol–water partition coefficient (Wildman–Crippen LogP) is 3.15. The van der Waals surface area contributed by atoms with Crippen molar-refractivity contribution in [3.63, 3.8) is 0 Å². The van der Waals surface area contributed by atoms with Gasteiger partial charge in [-0.25, -0.2) is 0 Å². The molecular formula is C10H22O2. The Kier molecular flexibility index (Phi) is 8.34. The molecule has 0 saturated carbocycles. The Balaban J connectivity index is 0. The molecule has 0 amide bonds. The van der Waals surface area contributed by atoms with Crippen molar-refractivity contribution in [2.45, 2.75) is 60.0 Å². The van der Waals surface area contributed by atoms with E-state index in [1.165, 1.54) is 0 Å². The molecule has 12 heavy (non-hydrogen) atoms. The number of hydrogen-bond acceptors (Lipinski definition) is 2. The number of ether oxygens (including phenoxy) is 1. The molecule has 0 aliphatic heterocycles. The van der Waals surface area contributed by atoms with Gasteiger partial charge in [-0.3, -0.25) is 4.79 Å². The molecule has 0 bridgehead atoms. The molecule has 2 heteroatoms. The number of esters is 1. The highest BCUT2D eigenvalue weighted by Crippen LogP contribution is 2.13. The van der Waals surface area contributed by atoms with E-state index in [4.69, 9.17) is 4.74 Å². The van der Waals surface area contributed by atoms with Gasteiger partial charge in [0.05, 0.1) is 0 Å². The van der Waals surface area contributed by atoms with Crippen LogP contribution >= 0.6 is 0 Å². The first kappa shape index (κ1) is 14.0. The van der Waals surface area contributed by atoms with Crippen molar-refractivity contribution in [2.75, 3.05) is 0 Å². The van der Waals surface area contributed by atoms with Crippen LogP contribution < -0.4 is 0 Å². The third-order valence-electron chi connectivity index (χ3n) is 1.53. The average Bonchev–Trinajstić information content (AvgIpc) is 2.07. The molecule has 0 aromatic heterocycles. The van der Waals surface area contributed by atoms with Crippen molar-refractivity contribution in [1.82, 2.24) is 0 Å². The molecule has 74 valence electrons. The number of carbonyl (C=O) groups excluding carboxylic acids is 1. The van der Waals surface area contributed by atoms with Gasteiger partial charge in [0.2, 0.25) is 0 Å². The maximum absolute atomic E-state index is 10.8. The monoisotopic (exact) mass is 174 g/mol. The lowest BCUT2D eigenvalue weighted by molar-refractivity contribution is -0.156. The Morgan fingerprint density at radius 3 is 1.92 bits per heavy atom. The lowest BCUT2D eigenvalue weighted by Gasteiger charge is -2.22. The Morgan fingerprint density at radius 1 is 1.25 bits per heavy atom. The van der Waals surface area contributed by atoms with E-state index in [1.54, 1.807) is 6.92 Å². The van der Waals surface area contributed by atoms with Gasteiger partial charge < -0.3 is 4.74 Å². The molecule has 0 spiro atoms. The second-order valence-electron chi connectivity index (χ2n) is 2.94. The van der Waals surface area contributed by atoms with Crippen molar-refractivity contribution < 1.29 is 9.53 Å². The van der Waals surface area contributed by atoms with Gasteiger partial charge in [-0.1, -0.05) is 27.7 Å². The third-order valence-corrected chi connectivity index (χ3v) is 1.53. The first-order valence-corrected chi connectivity index (χ1v) is 4.73. The van der Waals surface area contributed by atoms with Crippen molar-refractivity contribution in [3.8, 4) is 0 Å². The zero-order chi connectivity index (χ0) is 10.2. The van der Waals surface area contributed by atoms with Gasteiger partial charge in [0.15, 0.2) is 0 Å². The van der Waals surface area contributed by atoms with Crippen LogP contribution in [0.2, 0.25) is 0 Å². The Hall–Kier alpha value is -0.530. The summed E-state index contributed by atoms with van der Waals surface area (Å²) in [4.78, 5) is 10.8. The van der Waals surface area contributed by atoms with Crippen molar-refractivity contribution >= 4 is 5.97 Å². The summed E-state index contributed by atoms with van der Waals surface area (Å²) in [6.07, 6.45) is 1.32. The maximum Gasteiger partial charge on any atom is 0.306 e. The van der Waals surface area contributed by atoms with Crippen molar-refractivity contribution in [1.29, 1.82) is 0 Å². The molecule has 0 heterocycles. The minimum absolute atomic E-state index is 0.119. The first-order chi connectivity index (χ1) is 5.52. The fraction of sp³-hybridized carbons (Fsp3) is 0.900. The molecular weight excluding hydrogens is 152 g/mol. The summed E-state index contributed by atoms with van der Waals surface area (Å²) in [7, 11) is 0. The summed E-state index contributed by atoms with van der Waals surface area (Å²) in [6, 6.07) is 0. The smallest absolute Gasteiger partial charge is 0.306 e. The van der Waals surface area contributed by atoms with E-state index < -0.39 is 0 Å². The minimum Gasteiger partial charge on any atom is -0.460 e. The molecule has 0 aromatic carbocycles. The fourth-order valence-corrected chi connectivity index (χ4v) is 0.453. The predicted molar refractivity (Wildman–Crippen MR) is 52.1 cm³/mol. The standard InChI is InChI=1S/C8H16O2.C2H6/c1-5-7(9)10-8(3,4)6-2;1-2/h5-6H2,1-4H3;1-2H3. The SMILES string of the molecule is CC.CCC(=O)OC(C)(C)CC. The van der Waals surface area contributed by atoms with Crippen molar-refractivity contribution in [2.24, 2.45) is 0 Å². The quantitative estimate of drug-likeness (QED) is 0.614. The summed E-state index contributed by atoms with van der Waals surface area (Å²) in [5.74, 6) is -0.119. The van der Waals surface area contributed by atoms with Crippen molar-refractivity contribution in [3.05, 3.63) is 0 Å². The molecule has 0 aliphatic rings. The summed E-state index contributed by atoms with van der Waals surface area (Å²) < 4.78 is 5.10. The Labute approximate surface area is 76.3 Å². The second-order valence-corrected chi connectivity index (χ2v) is 2.94. The van der Waals surface area contributed by atoms with E-state index in [0.717, 1.165) is 6.42 Å². The van der Waals surface area contributed by atoms with E-state index in [-0.39, 0.29) is 11.6 Å². The van der Waals surface area contributed by atoms with E-state index in [9.17, 15) is 4.79 Å². The molecule has 0 N–H and O–H groups in total. The molecule has 0 fully saturated rings. The van der Waals surface area contributed by atoms with E-state index in [2.05, 4.69) is 0 Å². The second kappa shape index (κ2) is 7.14. The van der Waals surface area contributed by atoms with E-state index >= 15 is 0 Å². The Morgan fingerprint density at radius 2 is 1.67 bits per heavy atom. The largest absolute Gasteiger partial charge is 0.460 e. The zero-order valence-corrected chi connectivity index (χ0v) is 9.23. The lowest BCUT2D eigenvalue weighted by Crippen LogP contribution is -2.26. The third kappa shape index (κ3) is 7.58. The van der Waals surface area contributed by atoms with Gasteiger partial charge >= 0.3 is 5.97 Å². The molecule has 0 unspecified atom stereocenters. The molecule has 0 aromatic rings. The van der Waals surface area contributed by atoms with E-state index in [0.29, 0.717) is 6.42 Å². The van der Waals surface area contributed by atoms with Crippen LogP contribution in [-0.4, -0.2) is 11.6 Å². The summed E-state index contributed by atoms with van der Waals surface area (Å²) in [6.45, 7) is 11.6. The van der Waals surface area contributed by atoms with Crippen LogP contribution in [0.15, 0.2) is 0 Å². The summed E-state index contributed by atoms with van der Waals surface area (Å²) >= 11 is 0. The molecule has 0 saturated heterocycles. The van der Waals surface area contributed by atoms with Crippen LogP contribution in [-0.2, 0) is 9.53 Å². The minimum atomic E-state index is -0.285. The molecule has 0 atom stereocenters. The summed E-state index contributed by atoms with van der Waals surface area (Å²) in [5, 5.41) is 0. The number of hydrogen-bond donors (Lipinski definition) is 0. The van der Waals surface area contributed by atoms with Gasteiger partial charge in [-0.05, 0) is 20.3 Å². The lowest BCUT2D eigenvalue weighted by atomic mass is 10.1. The highest BCUT2D eigenvalue weighted by atomic mass is 16.6. The topological polar surface area (TPSA) is 26.3 Å². The van der Waals surface area contributed by atoms with Crippen LogP contribution in [0.4, 0.5) is 0 Å². The van der Waals surface area contributed by atoms with Crippen LogP contribution in [0.3, 0.4) is 0 Å². The number of rotatable bonds is 3. The summed E-state index contributed by atoms with van der Waals surface area (Å²) in [5.41, 5.74) is -0.285. The average molecular weight is 174 g/mol. The fourth-order valence-electron chi connectivity index (χ4n) is 0.453. The molecule has 0 radical (unpaired) electrons. The Bertz CT molecular complexity index is 117. The highest BCUT2D eigenvalue weighted by molar-refractivity contribution is 5.69. The number of carbonyl (C=O) groups is 1. The van der Waals surface area contributed by atoms with Gasteiger partial charge in [0, 0.05) is 6.42 Å². The van der Waals surface area contributed by atoms with Crippen LogP contribution in [0.5, 0.6) is 0 Å². The van der Waals surface area contributed by atoms with Crippen LogP contribution in [0.25, 0.3) is 0 Å². The van der Waals surface area contributed by atoms with E-state index in [1.807, 2.05) is 34.6 Å². The molecule has 0 aliphatic carbocycles. The maximum atomic E-state index is 10.8. The van der Waals surface area contributed by atoms with Gasteiger partial charge in [-0.2, -0.15) is 0 Å². The normalized spacial score (nSPS) is 9.83. The molecule has 0 rings (SSSR count).